The van der Waals surface area contributed by atoms with Crippen molar-refractivity contribution in [3.63, 3.8) is 0 Å². The van der Waals surface area contributed by atoms with Crippen LogP contribution in [0, 0.1) is 6.92 Å². The number of halogens is 1. The number of nitrogens with zero attached hydrogens (tertiary/aromatic N) is 1. The molecule has 0 radical (unpaired) electrons. The van der Waals surface area contributed by atoms with Crippen LogP contribution in [0.15, 0.2) is 60.7 Å². The van der Waals surface area contributed by atoms with E-state index in [1.54, 1.807) is 0 Å². The molecule has 3 aromatic carbocycles. The van der Waals surface area contributed by atoms with Crippen molar-refractivity contribution >= 4 is 44.2 Å². The smallest absolute Gasteiger partial charge is 0.238 e. The summed E-state index contributed by atoms with van der Waals surface area (Å²) in [6, 6.07) is 19.0. The minimum absolute atomic E-state index is 0.133. The molecule has 28 heavy (non-hydrogen) atoms. The van der Waals surface area contributed by atoms with E-state index in [1.807, 2.05) is 67.6 Å². The van der Waals surface area contributed by atoms with Crippen LogP contribution in [0.5, 0.6) is 11.5 Å². The Morgan fingerprint density at radius 3 is 2.36 bits per heavy atom. The van der Waals surface area contributed by atoms with Gasteiger partial charge in [-0.3, -0.25) is 4.79 Å². The maximum atomic E-state index is 13.3. The Hall–Kier alpha value is -2.89. The first-order chi connectivity index (χ1) is 13.6. The number of nitrogens with one attached hydrogen (secondary N) is 1. The number of benzene rings is 3. The lowest BCUT2D eigenvalue weighted by atomic mass is 9.87. The lowest BCUT2D eigenvalue weighted by Crippen LogP contribution is -2.24. The van der Waals surface area contributed by atoms with Gasteiger partial charge in [0.2, 0.25) is 5.91 Å². The van der Waals surface area contributed by atoms with Crippen LogP contribution < -0.4 is 10.1 Å². The molecule has 4 aromatic rings. The van der Waals surface area contributed by atoms with Crippen LogP contribution >= 0.6 is 22.9 Å². The Morgan fingerprint density at radius 2 is 1.68 bits per heavy atom. The highest BCUT2D eigenvalue weighted by molar-refractivity contribution is 7.22. The van der Waals surface area contributed by atoms with Crippen molar-refractivity contribution in [1.82, 2.24) is 4.98 Å². The summed E-state index contributed by atoms with van der Waals surface area (Å²) in [5.74, 6) is 0.811. The maximum Gasteiger partial charge on any atom is 0.238 e. The second-order valence-electron chi connectivity index (χ2n) is 6.64. The quantitative estimate of drug-likeness (QED) is 0.435. The summed E-state index contributed by atoms with van der Waals surface area (Å²) in [6.45, 7) is 1.93. The number of aromatic nitrogens is 1. The van der Waals surface area contributed by atoms with Crippen molar-refractivity contribution in [2.45, 2.75) is 12.8 Å². The van der Waals surface area contributed by atoms with Crippen molar-refractivity contribution in [3.8, 4) is 11.5 Å². The number of hydrogen-bond acceptors (Lipinski definition) is 4. The van der Waals surface area contributed by atoms with Crippen LogP contribution in [-0.2, 0) is 4.79 Å². The predicted molar refractivity (Wildman–Crippen MR) is 113 cm³/mol. The van der Waals surface area contributed by atoms with Gasteiger partial charge in [-0.2, -0.15) is 0 Å². The van der Waals surface area contributed by atoms with Gasteiger partial charge in [0, 0.05) is 16.1 Å². The molecular formula is C22H15ClN2O2S. The van der Waals surface area contributed by atoms with Crippen LogP contribution in [0.25, 0.3) is 10.2 Å². The van der Waals surface area contributed by atoms with Crippen molar-refractivity contribution in [3.05, 3.63) is 82.4 Å². The van der Waals surface area contributed by atoms with Gasteiger partial charge in [0.05, 0.1) is 16.1 Å². The first kappa shape index (κ1) is 17.2. The van der Waals surface area contributed by atoms with E-state index < -0.39 is 5.92 Å². The number of anilines is 1. The van der Waals surface area contributed by atoms with Gasteiger partial charge < -0.3 is 10.1 Å². The maximum absolute atomic E-state index is 13.3. The average molecular weight is 407 g/mol. The minimum atomic E-state index is -0.460. The molecule has 1 aliphatic heterocycles. The third kappa shape index (κ3) is 2.75. The summed E-state index contributed by atoms with van der Waals surface area (Å²) in [5, 5.41) is 4.23. The van der Waals surface area contributed by atoms with Gasteiger partial charge >= 0.3 is 0 Å². The first-order valence-corrected chi connectivity index (χ1v) is 10.0. The lowest BCUT2D eigenvalue weighted by molar-refractivity contribution is -0.116. The molecule has 0 saturated carbocycles. The Labute approximate surface area is 170 Å². The molecule has 1 aliphatic rings. The molecule has 4 nitrogen and oxygen atoms in total. The molecule has 6 heteroatoms. The van der Waals surface area contributed by atoms with Crippen molar-refractivity contribution in [2.75, 3.05) is 5.32 Å². The Morgan fingerprint density at radius 1 is 1.04 bits per heavy atom. The van der Waals surface area contributed by atoms with E-state index in [0.717, 1.165) is 26.9 Å². The molecule has 1 aromatic heterocycles. The van der Waals surface area contributed by atoms with E-state index in [4.69, 9.17) is 16.3 Å². The van der Waals surface area contributed by atoms with Crippen LogP contribution in [-0.4, -0.2) is 10.9 Å². The molecule has 5 rings (SSSR count). The van der Waals surface area contributed by atoms with Crippen LogP contribution in [0.4, 0.5) is 5.13 Å². The summed E-state index contributed by atoms with van der Waals surface area (Å²) >= 11 is 7.64. The zero-order chi connectivity index (χ0) is 19.3. The number of thiazole rings is 1. The topological polar surface area (TPSA) is 51.2 Å². The SMILES string of the molecule is Cc1c(Cl)ccc2sc(NC(=O)C3c4ccccc4Oc4ccccc43)nc12. The van der Waals surface area contributed by atoms with Gasteiger partial charge in [-0.05, 0) is 36.8 Å². The number of para-hydroxylation sites is 2. The highest BCUT2D eigenvalue weighted by atomic mass is 35.5. The fourth-order valence-corrected chi connectivity index (χ4v) is 4.60. The molecule has 0 saturated heterocycles. The second-order valence-corrected chi connectivity index (χ2v) is 8.08. The first-order valence-electron chi connectivity index (χ1n) is 8.84. The van der Waals surface area contributed by atoms with E-state index in [-0.39, 0.29) is 5.91 Å². The lowest BCUT2D eigenvalue weighted by Gasteiger charge is -2.27. The molecule has 0 atom stereocenters. The largest absolute Gasteiger partial charge is 0.457 e. The van der Waals surface area contributed by atoms with Crippen LogP contribution in [0.3, 0.4) is 0 Å². The van der Waals surface area contributed by atoms with E-state index >= 15 is 0 Å². The number of fused-ring (bicyclic) bond motifs is 3. The third-order valence-corrected chi connectivity index (χ3v) is 6.27. The van der Waals surface area contributed by atoms with Crippen molar-refractivity contribution in [2.24, 2.45) is 0 Å². The Bertz CT molecular complexity index is 1190. The number of ether oxygens (including phenoxy) is 1. The average Bonchev–Trinajstić information content (AvgIpc) is 3.12. The molecule has 0 spiro atoms. The summed E-state index contributed by atoms with van der Waals surface area (Å²) in [6.07, 6.45) is 0. The minimum Gasteiger partial charge on any atom is -0.457 e. The van der Waals surface area contributed by atoms with Gasteiger partial charge in [-0.1, -0.05) is 59.3 Å². The monoisotopic (exact) mass is 406 g/mol. The number of carbonyl (C=O) groups is 1. The normalized spacial score (nSPS) is 12.9. The molecule has 0 aliphatic carbocycles. The number of amides is 1. The molecule has 0 fully saturated rings. The van der Waals surface area contributed by atoms with Gasteiger partial charge in [0.25, 0.3) is 0 Å². The highest BCUT2D eigenvalue weighted by Gasteiger charge is 2.32. The van der Waals surface area contributed by atoms with E-state index in [2.05, 4.69) is 10.3 Å². The van der Waals surface area contributed by atoms with Crippen molar-refractivity contribution < 1.29 is 9.53 Å². The predicted octanol–water partition coefficient (Wildman–Crippen LogP) is 6.13. The van der Waals surface area contributed by atoms with E-state index in [0.29, 0.717) is 21.7 Å². The highest BCUT2D eigenvalue weighted by Crippen LogP contribution is 2.44. The van der Waals surface area contributed by atoms with Crippen molar-refractivity contribution in [1.29, 1.82) is 0 Å². The molecule has 1 amide bonds. The molecule has 2 heterocycles. The number of hydrogen-bond donors (Lipinski definition) is 1. The number of rotatable bonds is 2. The summed E-state index contributed by atoms with van der Waals surface area (Å²) < 4.78 is 6.97. The van der Waals surface area contributed by atoms with E-state index in [1.165, 1.54) is 11.3 Å². The number of aryl methyl sites for hydroxylation is 1. The van der Waals surface area contributed by atoms with Crippen LogP contribution in [0.1, 0.15) is 22.6 Å². The zero-order valence-corrected chi connectivity index (χ0v) is 16.5. The van der Waals surface area contributed by atoms with Gasteiger partial charge in [-0.25, -0.2) is 4.98 Å². The van der Waals surface area contributed by atoms with Gasteiger partial charge in [-0.15, -0.1) is 0 Å². The molecule has 0 unspecified atom stereocenters. The Balaban J connectivity index is 1.55. The molecule has 0 bridgehead atoms. The molecular weight excluding hydrogens is 392 g/mol. The fourth-order valence-electron chi connectivity index (χ4n) is 3.52. The summed E-state index contributed by atoms with van der Waals surface area (Å²) in [7, 11) is 0. The molecule has 138 valence electrons. The molecule has 1 N–H and O–H groups in total. The standard InChI is InChI=1S/C22H15ClN2O2S/c1-12-15(23)10-11-18-20(12)24-22(28-18)25-21(26)19-13-6-2-4-8-16(13)27-17-9-5-3-7-14(17)19/h2-11,19H,1H3,(H,24,25,26). The van der Waals surface area contributed by atoms with Gasteiger partial charge in [0.15, 0.2) is 5.13 Å². The number of carbonyl (C=O) groups excluding carboxylic acids is 1. The Kier molecular flexibility index (Phi) is 4.07. The third-order valence-electron chi connectivity index (χ3n) is 4.92. The van der Waals surface area contributed by atoms with E-state index in [9.17, 15) is 4.79 Å². The summed E-state index contributed by atoms with van der Waals surface area (Å²) in [5.41, 5.74) is 3.43. The fraction of sp³-hybridized carbons (Fsp3) is 0.0909. The van der Waals surface area contributed by atoms with Gasteiger partial charge in [0.1, 0.15) is 11.5 Å². The van der Waals surface area contributed by atoms with Crippen LogP contribution in [0.2, 0.25) is 5.02 Å². The second kappa shape index (κ2) is 6.62. The zero-order valence-electron chi connectivity index (χ0n) is 14.9. The summed E-state index contributed by atoms with van der Waals surface area (Å²) in [4.78, 5) is 17.9.